The largest absolute Gasteiger partial charge is 0.447 e. The predicted octanol–water partition coefficient (Wildman–Crippen LogP) is 5.54. The highest BCUT2D eigenvalue weighted by molar-refractivity contribution is 5.91. The summed E-state index contributed by atoms with van der Waals surface area (Å²) < 4.78 is 72.7. The summed E-state index contributed by atoms with van der Waals surface area (Å²) in [6, 6.07) is 13.3. The van der Waals surface area contributed by atoms with E-state index < -0.39 is 29.3 Å². The number of pyridine rings is 1. The number of oxazole rings is 1. The molecule has 0 radical (unpaired) electrons. The SMILES string of the molecule is O=C(NCCc1ccccn1)c1coc(CN(Cc2cccc(C(F)(F)F)c2)Cc2ccc(F)cc2F)n1. The molecule has 11 heteroatoms. The van der Waals surface area contributed by atoms with Crippen LogP contribution < -0.4 is 5.32 Å². The number of benzene rings is 2. The molecule has 4 aromatic rings. The van der Waals surface area contributed by atoms with Gasteiger partial charge in [-0.1, -0.05) is 30.3 Å². The summed E-state index contributed by atoms with van der Waals surface area (Å²) in [6.45, 7) is 0.183. The van der Waals surface area contributed by atoms with Gasteiger partial charge in [0.1, 0.15) is 17.9 Å². The van der Waals surface area contributed by atoms with Crippen molar-refractivity contribution in [3.05, 3.63) is 119 Å². The number of halogens is 5. The van der Waals surface area contributed by atoms with Crippen LogP contribution in [0.15, 0.2) is 77.5 Å². The third-order valence-corrected chi connectivity index (χ3v) is 5.61. The summed E-state index contributed by atoms with van der Waals surface area (Å²) in [7, 11) is 0. The van der Waals surface area contributed by atoms with Gasteiger partial charge in [-0.2, -0.15) is 13.2 Å². The van der Waals surface area contributed by atoms with Gasteiger partial charge >= 0.3 is 6.18 Å². The van der Waals surface area contributed by atoms with Crippen LogP contribution in [0.5, 0.6) is 0 Å². The van der Waals surface area contributed by atoms with Gasteiger partial charge in [0.25, 0.3) is 5.91 Å². The third-order valence-electron chi connectivity index (χ3n) is 5.61. The Morgan fingerprint density at radius 2 is 1.82 bits per heavy atom. The number of amides is 1. The maximum atomic E-state index is 14.3. The zero-order chi connectivity index (χ0) is 27.1. The minimum atomic E-state index is -4.52. The van der Waals surface area contributed by atoms with Crippen LogP contribution >= 0.6 is 0 Å². The number of carbonyl (C=O) groups is 1. The van der Waals surface area contributed by atoms with Gasteiger partial charge in [0, 0.05) is 49.6 Å². The zero-order valence-electron chi connectivity index (χ0n) is 20.0. The molecule has 38 heavy (non-hydrogen) atoms. The minimum Gasteiger partial charge on any atom is -0.447 e. The van der Waals surface area contributed by atoms with Gasteiger partial charge in [0.05, 0.1) is 12.1 Å². The van der Waals surface area contributed by atoms with Crippen LogP contribution in [0.4, 0.5) is 22.0 Å². The molecule has 0 aliphatic heterocycles. The van der Waals surface area contributed by atoms with Crippen molar-refractivity contribution >= 4 is 5.91 Å². The Labute approximate surface area is 215 Å². The molecule has 0 spiro atoms. The Morgan fingerprint density at radius 3 is 2.55 bits per heavy atom. The van der Waals surface area contributed by atoms with Crippen LogP contribution in [0.2, 0.25) is 0 Å². The van der Waals surface area contributed by atoms with Crippen molar-refractivity contribution in [3.8, 4) is 0 Å². The first-order valence-electron chi connectivity index (χ1n) is 11.6. The van der Waals surface area contributed by atoms with Gasteiger partial charge in [-0.05, 0) is 29.8 Å². The van der Waals surface area contributed by atoms with E-state index in [1.54, 1.807) is 17.2 Å². The number of alkyl halides is 3. The van der Waals surface area contributed by atoms with Crippen molar-refractivity contribution in [2.75, 3.05) is 6.54 Å². The van der Waals surface area contributed by atoms with Crippen molar-refractivity contribution in [1.82, 2.24) is 20.2 Å². The molecule has 0 atom stereocenters. The van der Waals surface area contributed by atoms with Crippen molar-refractivity contribution < 1.29 is 31.2 Å². The predicted molar refractivity (Wildman–Crippen MR) is 128 cm³/mol. The van der Waals surface area contributed by atoms with Crippen LogP contribution in [0.3, 0.4) is 0 Å². The molecule has 198 valence electrons. The Kier molecular flexibility index (Phi) is 8.47. The molecule has 0 bridgehead atoms. The van der Waals surface area contributed by atoms with Crippen LogP contribution in [0.25, 0.3) is 0 Å². The highest BCUT2D eigenvalue weighted by Gasteiger charge is 2.30. The van der Waals surface area contributed by atoms with E-state index in [-0.39, 0.29) is 36.8 Å². The molecule has 0 aliphatic carbocycles. The summed E-state index contributed by atoms with van der Waals surface area (Å²) >= 11 is 0. The molecule has 0 saturated carbocycles. The van der Waals surface area contributed by atoms with Gasteiger partial charge in [-0.3, -0.25) is 14.7 Å². The fourth-order valence-electron chi connectivity index (χ4n) is 3.78. The number of carbonyl (C=O) groups excluding carboxylic acids is 1. The number of hydrogen-bond acceptors (Lipinski definition) is 5. The van der Waals surface area contributed by atoms with E-state index in [0.29, 0.717) is 18.5 Å². The summed E-state index contributed by atoms with van der Waals surface area (Å²) in [5.74, 6) is -1.90. The lowest BCUT2D eigenvalue weighted by Gasteiger charge is -2.22. The second kappa shape index (κ2) is 12.0. The first-order valence-corrected chi connectivity index (χ1v) is 11.6. The molecule has 0 unspecified atom stereocenters. The molecule has 0 aliphatic rings. The molecule has 0 fully saturated rings. The van der Waals surface area contributed by atoms with E-state index in [9.17, 15) is 26.7 Å². The second-order valence-electron chi connectivity index (χ2n) is 8.53. The maximum Gasteiger partial charge on any atom is 0.416 e. The van der Waals surface area contributed by atoms with Crippen molar-refractivity contribution in [3.63, 3.8) is 0 Å². The Hall–Kier alpha value is -4.12. The molecule has 2 aromatic heterocycles. The topological polar surface area (TPSA) is 71.3 Å². The van der Waals surface area contributed by atoms with Crippen molar-refractivity contribution in [1.29, 1.82) is 0 Å². The minimum absolute atomic E-state index is 0.0191. The average Bonchev–Trinajstić information content (AvgIpc) is 3.34. The Balaban J connectivity index is 1.46. The molecule has 4 rings (SSSR count). The molecule has 0 saturated heterocycles. The van der Waals surface area contributed by atoms with Gasteiger partial charge in [0.15, 0.2) is 5.69 Å². The van der Waals surface area contributed by atoms with Crippen molar-refractivity contribution in [2.24, 2.45) is 0 Å². The fraction of sp³-hybridized carbons (Fsp3) is 0.222. The third kappa shape index (κ3) is 7.45. The maximum absolute atomic E-state index is 14.3. The quantitative estimate of drug-likeness (QED) is 0.273. The lowest BCUT2D eigenvalue weighted by atomic mass is 10.1. The van der Waals surface area contributed by atoms with Crippen LogP contribution in [0.1, 0.15) is 38.8 Å². The highest BCUT2D eigenvalue weighted by Crippen LogP contribution is 2.30. The normalized spacial score (nSPS) is 11.6. The summed E-state index contributed by atoms with van der Waals surface area (Å²) in [6.07, 6.45) is -1.17. The zero-order valence-corrected chi connectivity index (χ0v) is 20.0. The van der Waals surface area contributed by atoms with Gasteiger partial charge in [-0.15, -0.1) is 0 Å². The van der Waals surface area contributed by atoms with Crippen LogP contribution in [-0.2, 0) is 32.2 Å². The monoisotopic (exact) mass is 530 g/mol. The number of aromatic nitrogens is 2. The van der Waals surface area contributed by atoms with Gasteiger partial charge < -0.3 is 9.73 Å². The summed E-state index contributed by atoms with van der Waals surface area (Å²) in [5.41, 5.74) is 0.474. The molecule has 1 N–H and O–H groups in total. The second-order valence-corrected chi connectivity index (χ2v) is 8.53. The van der Waals surface area contributed by atoms with E-state index in [1.807, 2.05) is 12.1 Å². The highest BCUT2D eigenvalue weighted by atomic mass is 19.4. The molecule has 6 nitrogen and oxygen atoms in total. The van der Waals surface area contributed by atoms with E-state index >= 15 is 0 Å². The van der Waals surface area contributed by atoms with E-state index in [1.165, 1.54) is 24.5 Å². The number of rotatable bonds is 10. The molecule has 2 heterocycles. The van der Waals surface area contributed by atoms with Crippen molar-refractivity contribution in [2.45, 2.75) is 32.2 Å². The van der Waals surface area contributed by atoms with E-state index in [0.717, 1.165) is 30.0 Å². The Bertz CT molecular complexity index is 1380. The number of nitrogens with zero attached hydrogens (tertiary/aromatic N) is 3. The standard InChI is InChI=1S/C27H23F5N4O2/c28-21-8-7-19(23(29)13-21)15-36(14-18-4-3-5-20(12-18)27(30,31)32)16-25-35-24(17-38-25)26(37)34-11-9-22-6-1-2-10-33-22/h1-8,10,12-13,17H,9,11,14-16H2,(H,34,37). The van der Waals surface area contributed by atoms with Crippen LogP contribution in [-0.4, -0.2) is 27.3 Å². The first kappa shape index (κ1) is 26.9. The van der Waals surface area contributed by atoms with Gasteiger partial charge in [0.2, 0.25) is 5.89 Å². The van der Waals surface area contributed by atoms with Gasteiger partial charge in [-0.25, -0.2) is 13.8 Å². The van der Waals surface area contributed by atoms with Crippen LogP contribution in [0, 0.1) is 11.6 Å². The molecular weight excluding hydrogens is 507 g/mol. The molecule has 1 amide bonds. The fourth-order valence-corrected chi connectivity index (χ4v) is 3.78. The lowest BCUT2D eigenvalue weighted by Crippen LogP contribution is -2.26. The first-order chi connectivity index (χ1) is 18.2. The number of hydrogen-bond donors (Lipinski definition) is 1. The smallest absolute Gasteiger partial charge is 0.416 e. The van der Waals surface area contributed by atoms with E-state index in [2.05, 4.69) is 15.3 Å². The average molecular weight is 530 g/mol. The van der Waals surface area contributed by atoms with E-state index in [4.69, 9.17) is 4.42 Å². The summed E-state index contributed by atoms with van der Waals surface area (Å²) in [5, 5.41) is 2.72. The molecule has 2 aromatic carbocycles. The molecular formula is C27H23F5N4O2. The lowest BCUT2D eigenvalue weighted by molar-refractivity contribution is -0.137. The number of nitrogens with one attached hydrogen (secondary N) is 1. The Morgan fingerprint density at radius 1 is 0.974 bits per heavy atom. The summed E-state index contributed by atoms with van der Waals surface area (Å²) in [4.78, 5) is 22.4.